The lowest BCUT2D eigenvalue weighted by atomic mass is 9.88. The maximum absolute atomic E-state index is 13.3. The monoisotopic (exact) mass is 352 g/mol. The molecule has 0 spiro atoms. The SMILES string of the molecule is CC(C)(CCOc1cc(F)c(Cl)cc1Br)/C(N)=N/O. The van der Waals surface area contributed by atoms with Gasteiger partial charge in [-0.05, 0) is 28.4 Å². The van der Waals surface area contributed by atoms with Crippen LogP contribution in [0.25, 0.3) is 0 Å². The quantitative estimate of drug-likeness (QED) is 0.278. The van der Waals surface area contributed by atoms with Gasteiger partial charge in [-0.3, -0.25) is 0 Å². The zero-order valence-corrected chi connectivity index (χ0v) is 12.9. The Hall–Kier alpha value is -1.01. The second kappa shape index (κ2) is 6.43. The van der Waals surface area contributed by atoms with Crippen LogP contribution in [0.2, 0.25) is 5.02 Å². The standard InChI is InChI=1S/C12H15BrClFN2O2/c1-12(2,11(16)17-18)3-4-19-10-6-9(15)8(14)5-7(10)13/h5-6,18H,3-4H2,1-2H3,(H2,16,17). The maximum Gasteiger partial charge on any atom is 0.145 e. The highest BCUT2D eigenvalue weighted by Crippen LogP contribution is 2.31. The van der Waals surface area contributed by atoms with Crippen LogP contribution in [0.3, 0.4) is 0 Å². The van der Waals surface area contributed by atoms with E-state index < -0.39 is 11.2 Å². The van der Waals surface area contributed by atoms with Crippen LogP contribution in [0.4, 0.5) is 4.39 Å². The van der Waals surface area contributed by atoms with Crippen LogP contribution in [-0.4, -0.2) is 17.6 Å². The molecule has 0 amide bonds. The van der Waals surface area contributed by atoms with Crippen molar-refractivity contribution in [2.24, 2.45) is 16.3 Å². The van der Waals surface area contributed by atoms with Gasteiger partial charge in [0.05, 0.1) is 16.1 Å². The van der Waals surface area contributed by atoms with E-state index >= 15 is 0 Å². The highest BCUT2D eigenvalue weighted by Gasteiger charge is 2.23. The second-order valence-corrected chi connectivity index (χ2v) is 5.93. The van der Waals surface area contributed by atoms with E-state index in [1.54, 1.807) is 0 Å². The van der Waals surface area contributed by atoms with E-state index in [1.165, 1.54) is 12.1 Å². The molecule has 4 nitrogen and oxygen atoms in total. The van der Waals surface area contributed by atoms with Crippen LogP contribution < -0.4 is 10.5 Å². The highest BCUT2D eigenvalue weighted by molar-refractivity contribution is 9.10. The maximum atomic E-state index is 13.3. The Morgan fingerprint density at radius 2 is 2.21 bits per heavy atom. The van der Waals surface area contributed by atoms with Gasteiger partial charge in [-0.2, -0.15) is 0 Å². The second-order valence-electron chi connectivity index (χ2n) is 4.66. The molecule has 0 saturated carbocycles. The molecule has 0 radical (unpaired) electrons. The fraction of sp³-hybridized carbons (Fsp3) is 0.417. The number of halogens is 3. The van der Waals surface area contributed by atoms with Gasteiger partial charge in [0.25, 0.3) is 0 Å². The first kappa shape index (κ1) is 16.0. The average Bonchev–Trinajstić information content (AvgIpc) is 2.34. The minimum absolute atomic E-state index is 0.0243. The molecule has 19 heavy (non-hydrogen) atoms. The lowest BCUT2D eigenvalue weighted by Gasteiger charge is -2.22. The largest absolute Gasteiger partial charge is 0.492 e. The first-order valence-electron chi connectivity index (χ1n) is 5.53. The third-order valence-electron chi connectivity index (χ3n) is 2.76. The van der Waals surface area contributed by atoms with Gasteiger partial charge in [-0.25, -0.2) is 4.39 Å². The molecule has 3 N–H and O–H groups in total. The summed E-state index contributed by atoms with van der Waals surface area (Å²) >= 11 is 8.87. The van der Waals surface area contributed by atoms with Gasteiger partial charge in [0.15, 0.2) is 0 Å². The number of hydrogen-bond donors (Lipinski definition) is 2. The number of amidine groups is 1. The molecule has 1 aromatic carbocycles. The van der Waals surface area contributed by atoms with Crippen molar-refractivity contribution in [2.45, 2.75) is 20.3 Å². The van der Waals surface area contributed by atoms with E-state index in [-0.39, 0.29) is 10.9 Å². The number of hydrogen-bond acceptors (Lipinski definition) is 3. The molecule has 0 heterocycles. The Kier molecular flexibility index (Phi) is 5.43. The molecule has 0 saturated heterocycles. The van der Waals surface area contributed by atoms with Crippen LogP contribution in [0.15, 0.2) is 21.8 Å². The minimum atomic E-state index is -0.546. The van der Waals surface area contributed by atoms with Crippen molar-refractivity contribution in [2.75, 3.05) is 6.61 Å². The number of benzene rings is 1. The average molecular weight is 354 g/mol. The molecule has 1 aromatic rings. The van der Waals surface area contributed by atoms with Gasteiger partial charge in [-0.15, -0.1) is 0 Å². The van der Waals surface area contributed by atoms with Gasteiger partial charge >= 0.3 is 0 Å². The van der Waals surface area contributed by atoms with Crippen LogP contribution >= 0.6 is 27.5 Å². The van der Waals surface area contributed by atoms with Crippen molar-refractivity contribution in [1.82, 2.24) is 0 Å². The van der Waals surface area contributed by atoms with Crippen molar-refractivity contribution in [1.29, 1.82) is 0 Å². The summed E-state index contributed by atoms with van der Waals surface area (Å²) in [7, 11) is 0. The summed E-state index contributed by atoms with van der Waals surface area (Å²) in [5.41, 5.74) is 5.05. The smallest absolute Gasteiger partial charge is 0.145 e. The molecule has 0 aliphatic heterocycles. The Morgan fingerprint density at radius 1 is 1.58 bits per heavy atom. The van der Waals surface area contributed by atoms with Crippen molar-refractivity contribution < 1.29 is 14.3 Å². The summed E-state index contributed by atoms with van der Waals surface area (Å²) in [6.07, 6.45) is 0.513. The topological polar surface area (TPSA) is 67.8 Å². The number of nitrogens with two attached hydrogens (primary N) is 1. The third-order valence-corrected chi connectivity index (χ3v) is 3.67. The predicted octanol–water partition coefficient (Wildman–Crippen LogP) is 3.78. The van der Waals surface area contributed by atoms with E-state index in [0.717, 1.165) is 0 Å². The van der Waals surface area contributed by atoms with Crippen LogP contribution in [-0.2, 0) is 0 Å². The fourth-order valence-electron chi connectivity index (χ4n) is 1.29. The first-order valence-corrected chi connectivity index (χ1v) is 6.70. The Labute approximate surface area is 124 Å². The van der Waals surface area contributed by atoms with E-state index in [0.29, 0.717) is 23.2 Å². The van der Waals surface area contributed by atoms with Gasteiger partial charge in [0.2, 0.25) is 0 Å². The molecular weight excluding hydrogens is 338 g/mol. The Morgan fingerprint density at radius 3 is 2.79 bits per heavy atom. The fourth-order valence-corrected chi connectivity index (χ4v) is 2.05. The van der Waals surface area contributed by atoms with Crippen molar-refractivity contribution in [3.05, 3.63) is 27.4 Å². The number of nitrogens with zero attached hydrogens (tertiary/aromatic N) is 1. The lowest BCUT2D eigenvalue weighted by Crippen LogP contribution is -2.33. The Bertz CT molecular complexity index is 495. The van der Waals surface area contributed by atoms with Crippen LogP contribution in [0, 0.1) is 11.2 Å². The highest BCUT2D eigenvalue weighted by atomic mass is 79.9. The van der Waals surface area contributed by atoms with E-state index in [1.807, 2.05) is 13.8 Å². The van der Waals surface area contributed by atoms with Crippen molar-refractivity contribution in [3.8, 4) is 5.75 Å². The normalized spacial score (nSPS) is 12.6. The van der Waals surface area contributed by atoms with Crippen LogP contribution in [0.1, 0.15) is 20.3 Å². The minimum Gasteiger partial charge on any atom is -0.492 e. The number of rotatable bonds is 5. The summed E-state index contributed by atoms with van der Waals surface area (Å²) in [4.78, 5) is 0. The third kappa shape index (κ3) is 4.24. The van der Waals surface area contributed by atoms with Gasteiger partial charge in [0.1, 0.15) is 17.4 Å². The van der Waals surface area contributed by atoms with Crippen molar-refractivity contribution in [3.63, 3.8) is 0 Å². The Balaban J connectivity index is 2.66. The molecule has 0 fully saturated rings. The summed E-state index contributed by atoms with van der Waals surface area (Å²) in [5.74, 6) is -0.0646. The first-order chi connectivity index (χ1) is 8.77. The predicted molar refractivity (Wildman–Crippen MR) is 76.4 cm³/mol. The molecule has 1 rings (SSSR count). The molecule has 0 unspecified atom stereocenters. The number of oxime groups is 1. The molecule has 0 atom stereocenters. The van der Waals surface area contributed by atoms with Gasteiger partial charge < -0.3 is 15.7 Å². The molecule has 0 aliphatic rings. The summed E-state index contributed by atoms with van der Waals surface area (Å²) < 4.78 is 19.3. The van der Waals surface area contributed by atoms with E-state index in [4.69, 9.17) is 27.3 Å². The summed E-state index contributed by atoms with van der Waals surface area (Å²) in [5, 5.41) is 11.7. The molecule has 106 valence electrons. The molecule has 0 bridgehead atoms. The number of ether oxygens (including phenoxy) is 1. The zero-order valence-electron chi connectivity index (χ0n) is 10.6. The summed E-state index contributed by atoms with van der Waals surface area (Å²) in [6.45, 7) is 3.94. The molecule has 0 aliphatic carbocycles. The zero-order chi connectivity index (χ0) is 14.6. The molecule has 7 heteroatoms. The van der Waals surface area contributed by atoms with E-state index in [9.17, 15) is 4.39 Å². The summed E-state index contributed by atoms with van der Waals surface area (Å²) in [6, 6.07) is 2.64. The van der Waals surface area contributed by atoms with Gasteiger partial charge in [0, 0.05) is 11.5 Å². The van der Waals surface area contributed by atoms with E-state index in [2.05, 4.69) is 21.1 Å². The molecular formula is C12H15BrClFN2O2. The molecule has 0 aromatic heterocycles. The van der Waals surface area contributed by atoms with Crippen molar-refractivity contribution >= 4 is 33.4 Å². The lowest BCUT2D eigenvalue weighted by molar-refractivity contribution is 0.258. The van der Waals surface area contributed by atoms with Crippen LogP contribution in [0.5, 0.6) is 5.75 Å². The van der Waals surface area contributed by atoms with Gasteiger partial charge in [-0.1, -0.05) is 30.6 Å².